The minimum Gasteiger partial charge on any atom is -0.467 e. The predicted molar refractivity (Wildman–Crippen MR) is 111 cm³/mol. The van der Waals surface area contributed by atoms with Crippen molar-refractivity contribution < 1.29 is 9.21 Å². The van der Waals surface area contributed by atoms with Crippen LogP contribution in [-0.4, -0.2) is 32.0 Å². The summed E-state index contributed by atoms with van der Waals surface area (Å²) in [7, 11) is 1.72. The van der Waals surface area contributed by atoms with Crippen LogP contribution in [0.1, 0.15) is 50.7 Å². The molecule has 0 spiro atoms. The average molecular weight is 462 g/mol. The Balaban J connectivity index is 0.00000312. The molecule has 0 aliphatic heterocycles. The first kappa shape index (κ1) is 21.8. The number of carbonyl (C=O) groups is 1. The van der Waals surface area contributed by atoms with Crippen molar-refractivity contribution in [1.82, 2.24) is 16.0 Å². The molecule has 1 amide bonds. The largest absolute Gasteiger partial charge is 0.467 e. The maximum absolute atomic E-state index is 11.8. The minimum atomic E-state index is -0.0865. The Morgan fingerprint density at radius 2 is 2.04 bits per heavy atom. The number of aliphatic imine (C=N–C) groups is 1. The summed E-state index contributed by atoms with van der Waals surface area (Å²) in [6.07, 6.45) is 11.0. The maximum Gasteiger partial charge on any atom is 0.239 e. The molecule has 1 aliphatic carbocycles. The van der Waals surface area contributed by atoms with E-state index in [1.54, 1.807) is 19.4 Å². The van der Waals surface area contributed by atoms with Gasteiger partial charge in [-0.15, -0.1) is 24.0 Å². The van der Waals surface area contributed by atoms with Gasteiger partial charge in [-0.3, -0.25) is 9.79 Å². The second kappa shape index (κ2) is 13.0. The van der Waals surface area contributed by atoms with Crippen molar-refractivity contribution in [3.63, 3.8) is 0 Å². The van der Waals surface area contributed by atoms with Crippen molar-refractivity contribution in [2.75, 3.05) is 20.1 Å². The van der Waals surface area contributed by atoms with E-state index in [2.05, 4.69) is 20.9 Å². The van der Waals surface area contributed by atoms with Crippen molar-refractivity contribution in [2.24, 2.45) is 10.9 Å². The van der Waals surface area contributed by atoms with Gasteiger partial charge in [0.2, 0.25) is 5.91 Å². The van der Waals surface area contributed by atoms with Gasteiger partial charge in [-0.1, -0.05) is 32.1 Å². The van der Waals surface area contributed by atoms with Crippen molar-refractivity contribution >= 4 is 35.8 Å². The third kappa shape index (κ3) is 9.13. The van der Waals surface area contributed by atoms with Crippen LogP contribution < -0.4 is 16.0 Å². The first-order valence-corrected chi connectivity index (χ1v) is 9.01. The molecule has 0 atom stereocenters. The fourth-order valence-electron chi connectivity index (χ4n) is 3.12. The van der Waals surface area contributed by atoms with Crippen molar-refractivity contribution in [3.05, 3.63) is 24.2 Å². The van der Waals surface area contributed by atoms with Gasteiger partial charge in [-0.2, -0.15) is 0 Å². The first-order valence-electron chi connectivity index (χ1n) is 9.01. The molecule has 1 aromatic rings. The second-order valence-electron chi connectivity index (χ2n) is 6.35. The first-order chi connectivity index (χ1) is 11.8. The molecule has 7 heteroatoms. The van der Waals surface area contributed by atoms with E-state index in [9.17, 15) is 4.79 Å². The Hall–Kier alpha value is -1.25. The molecule has 0 aromatic carbocycles. The lowest BCUT2D eigenvalue weighted by atomic mass is 9.86. The van der Waals surface area contributed by atoms with Gasteiger partial charge >= 0.3 is 0 Å². The lowest BCUT2D eigenvalue weighted by Crippen LogP contribution is -2.43. The van der Waals surface area contributed by atoms with E-state index >= 15 is 0 Å². The molecule has 1 saturated carbocycles. The molecular weight excluding hydrogens is 431 g/mol. The molecule has 0 radical (unpaired) electrons. The molecule has 0 unspecified atom stereocenters. The van der Waals surface area contributed by atoms with E-state index < -0.39 is 0 Å². The van der Waals surface area contributed by atoms with E-state index in [1.165, 1.54) is 38.5 Å². The summed E-state index contributed by atoms with van der Waals surface area (Å²) < 4.78 is 5.17. The predicted octanol–water partition coefficient (Wildman–Crippen LogP) is 3.04. The van der Waals surface area contributed by atoms with Crippen LogP contribution in [0, 0.1) is 5.92 Å². The lowest BCUT2D eigenvalue weighted by molar-refractivity contribution is -0.120. The zero-order chi connectivity index (χ0) is 17.0. The van der Waals surface area contributed by atoms with E-state index in [4.69, 9.17) is 4.42 Å². The highest BCUT2D eigenvalue weighted by atomic mass is 127. The molecular formula is C18H31IN4O2. The Kier molecular flexibility index (Phi) is 11.3. The number of amides is 1. The SMILES string of the molecule is CN=C(NCCCC1CCCCC1)NCC(=O)NCc1ccco1.I. The number of rotatable bonds is 8. The monoisotopic (exact) mass is 462 g/mol. The molecule has 3 N–H and O–H groups in total. The van der Waals surface area contributed by atoms with Gasteiger partial charge in [0, 0.05) is 13.6 Å². The zero-order valence-electron chi connectivity index (χ0n) is 15.1. The summed E-state index contributed by atoms with van der Waals surface area (Å²) in [5.41, 5.74) is 0. The van der Waals surface area contributed by atoms with Crippen molar-refractivity contribution in [1.29, 1.82) is 0 Å². The molecule has 1 fully saturated rings. The number of nitrogens with one attached hydrogen (secondary N) is 3. The smallest absolute Gasteiger partial charge is 0.239 e. The summed E-state index contributed by atoms with van der Waals surface area (Å²) >= 11 is 0. The maximum atomic E-state index is 11.8. The summed E-state index contributed by atoms with van der Waals surface area (Å²) in [5.74, 6) is 2.24. The van der Waals surface area contributed by atoms with Gasteiger partial charge < -0.3 is 20.4 Å². The number of guanidine groups is 1. The van der Waals surface area contributed by atoms with Crippen LogP contribution in [0.25, 0.3) is 0 Å². The molecule has 1 aliphatic rings. The third-order valence-electron chi connectivity index (χ3n) is 4.49. The van der Waals surface area contributed by atoms with Crippen LogP contribution in [0.5, 0.6) is 0 Å². The quantitative estimate of drug-likeness (QED) is 0.240. The van der Waals surface area contributed by atoms with Crippen LogP contribution >= 0.6 is 24.0 Å². The highest BCUT2D eigenvalue weighted by Crippen LogP contribution is 2.26. The second-order valence-corrected chi connectivity index (χ2v) is 6.35. The van der Waals surface area contributed by atoms with Gasteiger partial charge in [0.15, 0.2) is 5.96 Å². The Morgan fingerprint density at radius 3 is 2.72 bits per heavy atom. The van der Waals surface area contributed by atoms with Gasteiger partial charge in [0.1, 0.15) is 5.76 Å². The van der Waals surface area contributed by atoms with Gasteiger partial charge in [0.05, 0.1) is 19.4 Å². The van der Waals surface area contributed by atoms with E-state index in [0.29, 0.717) is 12.5 Å². The summed E-state index contributed by atoms with van der Waals surface area (Å²) in [6.45, 7) is 1.49. The lowest BCUT2D eigenvalue weighted by Gasteiger charge is -2.21. The van der Waals surface area contributed by atoms with Crippen molar-refractivity contribution in [2.45, 2.75) is 51.5 Å². The van der Waals surface area contributed by atoms with Crippen LogP contribution in [0.4, 0.5) is 0 Å². The number of nitrogens with zero attached hydrogens (tertiary/aromatic N) is 1. The van der Waals surface area contributed by atoms with E-state index in [1.807, 2.05) is 6.07 Å². The summed E-state index contributed by atoms with van der Waals surface area (Å²) in [6, 6.07) is 3.64. The normalized spacial score (nSPS) is 15.3. The molecule has 0 bridgehead atoms. The fraction of sp³-hybridized carbons (Fsp3) is 0.667. The van der Waals surface area contributed by atoms with E-state index in [-0.39, 0.29) is 36.4 Å². The molecule has 142 valence electrons. The number of hydrogen-bond acceptors (Lipinski definition) is 3. The topological polar surface area (TPSA) is 78.7 Å². The molecule has 6 nitrogen and oxygen atoms in total. The fourth-order valence-corrected chi connectivity index (χ4v) is 3.12. The molecule has 25 heavy (non-hydrogen) atoms. The van der Waals surface area contributed by atoms with Crippen LogP contribution in [0.3, 0.4) is 0 Å². The average Bonchev–Trinajstić information content (AvgIpc) is 3.14. The van der Waals surface area contributed by atoms with Crippen LogP contribution in [0.2, 0.25) is 0 Å². The number of carbonyl (C=O) groups excluding carboxylic acids is 1. The van der Waals surface area contributed by atoms with Gasteiger partial charge in [-0.25, -0.2) is 0 Å². The Bertz CT molecular complexity index is 499. The highest BCUT2D eigenvalue weighted by Gasteiger charge is 2.12. The summed E-state index contributed by atoms with van der Waals surface area (Å²) in [5, 5.41) is 9.11. The zero-order valence-corrected chi connectivity index (χ0v) is 17.4. The Labute approximate surface area is 167 Å². The van der Waals surface area contributed by atoms with Crippen LogP contribution in [0.15, 0.2) is 27.8 Å². The number of furan rings is 1. The number of hydrogen-bond donors (Lipinski definition) is 3. The van der Waals surface area contributed by atoms with Gasteiger partial charge in [-0.05, 0) is 30.9 Å². The summed E-state index contributed by atoms with van der Waals surface area (Å²) in [4.78, 5) is 15.9. The molecule has 1 heterocycles. The molecule has 0 saturated heterocycles. The van der Waals surface area contributed by atoms with Crippen LogP contribution in [-0.2, 0) is 11.3 Å². The number of halogens is 1. The standard InChI is InChI=1S/C18H30N4O2.HI/c1-19-18(20-11-5-9-15-7-3-2-4-8-15)22-14-17(23)21-13-16-10-6-12-24-16;/h6,10,12,15H,2-5,7-9,11,13-14H2,1H3,(H,21,23)(H2,19,20,22);1H. The highest BCUT2D eigenvalue weighted by molar-refractivity contribution is 14.0. The van der Waals surface area contributed by atoms with E-state index in [0.717, 1.165) is 24.6 Å². The molecule has 1 aromatic heterocycles. The molecule has 2 rings (SSSR count). The Morgan fingerprint density at radius 1 is 1.24 bits per heavy atom. The van der Waals surface area contributed by atoms with Gasteiger partial charge in [0.25, 0.3) is 0 Å². The minimum absolute atomic E-state index is 0. The van der Waals surface area contributed by atoms with Crippen molar-refractivity contribution in [3.8, 4) is 0 Å². The third-order valence-corrected chi connectivity index (χ3v) is 4.49.